The van der Waals surface area contributed by atoms with Gasteiger partial charge in [0.15, 0.2) is 6.10 Å². The van der Waals surface area contributed by atoms with Crippen LogP contribution in [0.25, 0.3) is 0 Å². The molecule has 0 aliphatic heterocycles. The van der Waals surface area contributed by atoms with E-state index in [0.717, 1.165) is 0 Å². The second-order valence-electron chi connectivity index (χ2n) is 4.69. The molecule has 0 spiro atoms. The summed E-state index contributed by atoms with van der Waals surface area (Å²) in [4.78, 5) is 21.9. The van der Waals surface area contributed by atoms with E-state index in [2.05, 4.69) is 5.32 Å². The van der Waals surface area contributed by atoms with Gasteiger partial charge in [-0.3, -0.25) is 4.79 Å². The largest absolute Gasteiger partial charge is 0.479 e. The molecular weight excluding hydrogens is 267 g/mol. The Morgan fingerprint density at radius 1 is 1.21 bits per heavy atom. The van der Waals surface area contributed by atoms with Crippen molar-refractivity contribution in [2.75, 3.05) is 6.54 Å². The molecule has 110 valence electrons. The maximum absolute atomic E-state index is 12.4. The number of carbonyl (C=O) groups is 2. The number of aliphatic hydroxyl groups excluding tert-OH is 1. The predicted molar refractivity (Wildman–Crippen MR) is 58.2 cm³/mol. The van der Waals surface area contributed by atoms with Crippen LogP contribution < -0.4 is 5.32 Å². The van der Waals surface area contributed by atoms with E-state index in [4.69, 9.17) is 10.2 Å². The number of hydrogen-bond acceptors (Lipinski definition) is 3. The zero-order valence-corrected chi connectivity index (χ0v) is 10.1. The Kier molecular flexibility index (Phi) is 5.16. The molecule has 1 aliphatic carbocycles. The zero-order valence-electron chi connectivity index (χ0n) is 10.1. The minimum absolute atomic E-state index is 0.0942. The van der Waals surface area contributed by atoms with E-state index in [1.54, 1.807) is 0 Å². The molecule has 1 amide bonds. The van der Waals surface area contributed by atoms with Crippen LogP contribution in [0, 0.1) is 11.8 Å². The molecule has 1 rings (SSSR count). The number of amides is 1. The molecule has 0 radical (unpaired) electrons. The summed E-state index contributed by atoms with van der Waals surface area (Å²) in [5.41, 5.74) is 0. The van der Waals surface area contributed by atoms with Crippen molar-refractivity contribution in [2.24, 2.45) is 11.8 Å². The summed E-state index contributed by atoms with van der Waals surface area (Å²) in [6.07, 6.45) is -5.86. The summed E-state index contributed by atoms with van der Waals surface area (Å²) in [7, 11) is 0. The molecule has 0 aromatic heterocycles. The Hall–Kier alpha value is -1.31. The second kappa shape index (κ2) is 6.23. The SMILES string of the molecule is O=C(NC[C@H](O)C(=O)O)C1CCC(C(F)(F)F)CC1. The van der Waals surface area contributed by atoms with Crippen LogP contribution in [0.5, 0.6) is 0 Å². The van der Waals surface area contributed by atoms with Crippen LogP contribution in [0.4, 0.5) is 13.2 Å². The van der Waals surface area contributed by atoms with Crippen LogP contribution in [0.3, 0.4) is 0 Å². The molecule has 1 atom stereocenters. The summed E-state index contributed by atoms with van der Waals surface area (Å²) in [5.74, 6) is -3.86. The highest BCUT2D eigenvalue weighted by Gasteiger charge is 2.42. The Morgan fingerprint density at radius 3 is 2.16 bits per heavy atom. The molecular formula is C11H16F3NO4. The minimum Gasteiger partial charge on any atom is -0.479 e. The van der Waals surface area contributed by atoms with Gasteiger partial charge in [0.25, 0.3) is 0 Å². The summed E-state index contributed by atoms with van der Waals surface area (Å²) < 4.78 is 37.2. The van der Waals surface area contributed by atoms with Crippen LogP contribution in [0.2, 0.25) is 0 Å². The van der Waals surface area contributed by atoms with Gasteiger partial charge in [0.1, 0.15) is 0 Å². The fraction of sp³-hybridized carbons (Fsp3) is 0.818. The number of nitrogens with one attached hydrogen (secondary N) is 1. The molecule has 1 aliphatic rings. The van der Waals surface area contributed by atoms with Gasteiger partial charge in [0, 0.05) is 5.92 Å². The molecule has 1 fully saturated rings. The van der Waals surface area contributed by atoms with Gasteiger partial charge in [0.05, 0.1) is 12.5 Å². The predicted octanol–water partition coefficient (Wildman–Crippen LogP) is 0.917. The van der Waals surface area contributed by atoms with Crippen molar-refractivity contribution in [3.8, 4) is 0 Å². The number of carboxylic acid groups (broad SMARTS) is 1. The van der Waals surface area contributed by atoms with Crippen LogP contribution in [0.15, 0.2) is 0 Å². The van der Waals surface area contributed by atoms with Crippen molar-refractivity contribution in [1.82, 2.24) is 5.32 Å². The number of halogens is 3. The number of carboxylic acids is 1. The summed E-state index contributed by atoms with van der Waals surface area (Å²) in [5, 5.41) is 19.6. The van der Waals surface area contributed by atoms with Gasteiger partial charge < -0.3 is 15.5 Å². The number of hydrogen-bond donors (Lipinski definition) is 3. The first-order chi connectivity index (χ1) is 8.71. The lowest BCUT2D eigenvalue weighted by Crippen LogP contribution is -2.41. The van der Waals surface area contributed by atoms with Crippen LogP contribution in [-0.4, -0.2) is 40.9 Å². The van der Waals surface area contributed by atoms with Gasteiger partial charge in [-0.2, -0.15) is 13.2 Å². The van der Waals surface area contributed by atoms with Crippen LogP contribution >= 0.6 is 0 Å². The zero-order chi connectivity index (χ0) is 14.6. The first-order valence-electron chi connectivity index (χ1n) is 5.97. The van der Waals surface area contributed by atoms with Crippen molar-refractivity contribution >= 4 is 11.9 Å². The molecule has 0 heterocycles. The third kappa shape index (κ3) is 4.70. The molecule has 5 nitrogen and oxygen atoms in total. The van der Waals surface area contributed by atoms with E-state index in [-0.39, 0.29) is 25.7 Å². The lowest BCUT2D eigenvalue weighted by atomic mass is 9.81. The second-order valence-corrected chi connectivity index (χ2v) is 4.69. The van der Waals surface area contributed by atoms with Crippen molar-refractivity contribution in [3.63, 3.8) is 0 Å². The molecule has 0 unspecified atom stereocenters. The van der Waals surface area contributed by atoms with E-state index in [1.165, 1.54) is 0 Å². The first-order valence-corrected chi connectivity index (χ1v) is 5.97. The van der Waals surface area contributed by atoms with Gasteiger partial charge in [-0.05, 0) is 25.7 Å². The third-order valence-corrected chi connectivity index (χ3v) is 3.32. The molecule has 3 N–H and O–H groups in total. The normalized spacial score (nSPS) is 25.7. The van der Waals surface area contributed by atoms with Crippen molar-refractivity contribution in [2.45, 2.75) is 38.0 Å². The number of rotatable bonds is 4. The first kappa shape index (κ1) is 15.7. The Labute approximate surface area is 107 Å². The number of aliphatic carboxylic acids is 1. The maximum Gasteiger partial charge on any atom is 0.391 e. The van der Waals surface area contributed by atoms with Gasteiger partial charge in [-0.15, -0.1) is 0 Å². The average Bonchev–Trinajstić information content (AvgIpc) is 2.34. The smallest absolute Gasteiger partial charge is 0.391 e. The van der Waals surface area contributed by atoms with E-state index < -0.39 is 42.5 Å². The maximum atomic E-state index is 12.4. The van der Waals surface area contributed by atoms with Gasteiger partial charge >= 0.3 is 12.1 Å². The van der Waals surface area contributed by atoms with Crippen LogP contribution in [0.1, 0.15) is 25.7 Å². The highest BCUT2D eigenvalue weighted by atomic mass is 19.4. The van der Waals surface area contributed by atoms with Crippen molar-refractivity contribution in [3.05, 3.63) is 0 Å². The van der Waals surface area contributed by atoms with E-state index >= 15 is 0 Å². The lowest BCUT2D eigenvalue weighted by Gasteiger charge is -2.29. The molecule has 0 aromatic carbocycles. The molecule has 0 aromatic rings. The molecule has 19 heavy (non-hydrogen) atoms. The summed E-state index contributed by atoms with van der Waals surface area (Å²) >= 11 is 0. The topological polar surface area (TPSA) is 86.6 Å². The fourth-order valence-electron chi connectivity index (χ4n) is 2.11. The van der Waals surface area contributed by atoms with Crippen LogP contribution in [-0.2, 0) is 9.59 Å². The fourth-order valence-corrected chi connectivity index (χ4v) is 2.11. The Bertz CT molecular complexity index is 337. The molecule has 0 bridgehead atoms. The number of carbonyl (C=O) groups excluding carboxylic acids is 1. The van der Waals surface area contributed by atoms with Gasteiger partial charge in [0.2, 0.25) is 5.91 Å². The summed E-state index contributed by atoms with van der Waals surface area (Å²) in [6.45, 7) is -0.437. The van der Waals surface area contributed by atoms with E-state index in [0.29, 0.717) is 0 Å². The minimum atomic E-state index is -4.22. The Morgan fingerprint density at radius 2 is 1.74 bits per heavy atom. The van der Waals surface area contributed by atoms with Crippen molar-refractivity contribution < 1.29 is 33.0 Å². The van der Waals surface area contributed by atoms with E-state index in [1.807, 2.05) is 0 Å². The van der Waals surface area contributed by atoms with Gasteiger partial charge in [-0.1, -0.05) is 0 Å². The van der Waals surface area contributed by atoms with E-state index in [9.17, 15) is 22.8 Å². The highest BCUT2D eigenvalue weighted by Crippen LogP contribution is 2.39. The standard InChI is InChI=1S/C11H16F3NO4/c12-11(13,14)7-3-1-6(2-4-7)9(17)15-5-8(16)10(18)19/h6-8,16H,1-5H2,(H,15,17)(H,18,19)/t6?,7?,8-/m0/s1. The molecule has 0 saturated heterocycles. The Balaban J connectivity index is 2.35. The van der Waals surface area contributed by atoms with Gasteiger partial charge in [-0.25, -0.2) is 4.79 Å². The number of alkyl halides is 3. The quantitative estimate of drug-likeness (QED) is 0.716. The molecule has 8 heteroatoms. The highest BCUT2D eigenvalue weighted by molar-refractivity contribution is 5.80. The van der Waals surface area contributed by atoms with Crippen molar-refractivity contribution in [1.29, 1.82) is 0 Å². The monoisotopic (exact) mass is 283 g/mol. The average molecular weight is 283 g/mol. The third-order valence-electron chi connectivity index (χ3n) is 3.32. The number of aliphatic hydroxyl groups is 1. The molecule has 1 saturated carbocycles. The summed E-state index contributed by atoms with van der Waals surface area (Å²) in [6, 6.07) is 0. The lowest BCUT2D eigenvalue weighted by molar-refractivity contribution is -0.184.